The Morgan fingerprint density at radius 3 is 2.19 bits per heavy atom. The number of ether oxygens (including phenoxy) is 7. The number of hydrogen-bond acceptors (Lipinski definition) is 14. The molecule has 14 nitrogen and oxygen atoms in total. The monoisotopic (exact) mass is 815 g/mol. The number of aliphatic hydroxyl groups is 1. The summed E-state index contributed by atoms with van der Waals surface area (Å²) in [6.07, 6.45) is -3.31. The topological polar surface area (TPSA) is 177 Å². The van der Waals surface area contributed by atoms with Gasteiger partial charge in [-0.2, -0.15) is 0 Å². The van der Waals surface area contributed by atoms with Gasteiger partial charge in [-0.05, 0) is 55.7 Å². The quantitative estimate of drug-likeness (QED) is 0.183. The molecule has 2 saturated carbocycles. The summed E-state index contributed by atoms with van der Waals surface area (Å²) in [5.74, 6) is -7.55. The number of esters is 5. The molecule has 6 aliphatic rings. The first kappa shape index (κ1) is 41.9. The molecule has 0 amide bonds. The average Bonchev–Trinajstić information content (AvgIpc) is 3.94. The molecule has 4 heterocycles. The van der Waals surface area contributed by atoms with Crippen molar-refractivity contribution in [1.82, 2.24) is 4.90 Å². The van der Waals surface area contributed by atoms with Crippen LogP contribution in [0.1, 0.15) is 71.7 Å². The van der Waals surface area contributed by atoms with E-state index in [9.17, 15) is 37.9 Å². The van der Waals surface area contributed by atoms with Crippen molar-refractivity contribution in [3.8, 4) is 0 Å². The smallest absolute Gasteiger partial charge is 0.343 e. The number of carbonyl (C=O) groups excluding carboxylic acids is 5. The second-order valence-corrected chi connectivity index (χ2v) is 17.4. The van der Waals surface area contributed by atoms with Crippen molar-refractivity contribution in [2.24, 2.45) is 28.1 Å². The number of carbonyl (C=O) groups is 5. The highest BCUT2D eigenvalue weighted by Gasteiger charge is 2.87. The Morgan fingerprint density at radius 2 is 1.59 bits per heavy atom. The highest BCUT2D eigenvalue weighted by molar-refractivity contribution is 5.89. The van der Waals surface area contributed by atoms with Gasteiger partial charge in [0.2, 0.25) is 5.60 Å². The number of fused-ring (bicyclic) bond motifs is 9. The lowest BCUT2D eigenvalue weighted by atomic mass is 9.37. The molecule has 0 aromatic heterocycles. The van der Waals surface area contributed by atoms with Crippen molar-refractivity contribution in [2.45, 2.75) is 115 Å². The highest BCUT2D eigenvalue weighted by atomic mass is 19.1. The van der Waals surface area contributed by atoms with E-state index in [0.29, 0.717) is 24.5 Å². The van der Waals surface area contributed by atoms with Gasteiger partial charge < -0.3 is 38.3 Å². The third-order valence-electron chi connectivity index (χ3n) is 14.5. The summed E-state index contributed by atoms with van der Waals surface area (Å²) in [6.45, 7) is 15.1. The van der Waals surface area contributed by atoms with Gasteiger partial charge in [-0.25, -0.2) is 18.4 Å². The van der Waals surface area contributed by atoms with Crippen LogP contribution < -0.4 is 0 Å². The lowest BCUT2D eigenvalue weighted by Crippen LogP contribution is -2.86. The summed E-state index contributed by atoms with van der Waals surface area (Å²) in [4.78, 5) is 69.2. The van der Waals surface area contributed by atoms with Gasteiger partial charge in [-0.1, -0.05) is 32.6 Å². The van der Waals surface area contributed by atoms with Crippen molar-refractivity contribution in [3.05, 3.63) is 59.7 Å². The largest absolute Gasteiger partial charge is 0.467 e. The van der Waals surface area contributed by atoms with E-state index in [1.165, 1.54) is 27.9 Å². The second-order valence-electron chi connectivity index (χ2n) is 17.4. The van der Waals surface area contributed by atoms with Gasteiger partial charge in [-0.15, -0.1) is 0 Å². The number of benzene rings is 1. The van der Waals surface area contributed by atoms with Gasteiger partial charge in [0.25, 0.3) is 0 Å². The fourth-order valence-electron chi connectivity index (χ4n) is 12.3. The number of aliphatic hydroxyl groups excluding tert-OH is 1. The zero-order chi connectivity index (χ0) is 42.5. The minimum Gasteiger partial charge on any atom is -0.467 e. The van der Waals surface area contributed by atoms with Gasteiger partial charge in [0.05, 0.1) is 31.3 Å². The van der Waals surface area contributed by atoms with Crippen LogP contribution in [-0.4, -0.2) is 121 Å². The molecule has 58 heavy (non-hydrogen) atoms. The molecule has 1 aromatic rings. The summed E-state index contributed by atoms with van der Waals surface area (Å²) in [6, 6.07) is 1.70. The summed E-state index contributed by atoms with van der Waals surface area (Å²) in [5.41, 5.74) is -6.87. The predicted molar refractivity (Wildman–Crippen MR) is 196 cm³/mol. The molecule has 4 aliphatic heterocycles. The molecule has 0 bridgehead atoms. The summed E-state index contributed by atoms with van der Waals surface area (Å²) in [5, 5.41) is 13.0. The molecule has 5 fully saturated rings. The fourth-order valence-corrected chi connectivity index (χ4v) is 12.3. The number of hydrogen-bond donors (Lipinski definition) is 1. The Hall–Kier alpha value is -4.25. The van der Waals surface area contributed by atoms with Crippen LogP contribution >= 0.6 is 0 Å². The first-order valence-corrected chi connectivity index (χ1v) is 19.5. The first-order valence-electron chi connectivity index (χ1n) is 19.5. The van der Waals surface area contributed by atoms with E-state index in [2.05, 4.69) is 6.58 Å². The third-order valence-corrected chi connectivity index (χ3v) is 14.5. The molecule has 10 unspecified atom stereocenters. The maximum Gasteiger partial charge on any atom is 0.343 e. The van der Waals surface area contributed by atoms with Crippen molar-refractivity contribution < 1.29 is 71.0 Å². The molecule has 7 rings (SSSR count). The first-order chi connectivity index (χ1) is 27.2. The summed E-state index contributed by atoms with van der Waals surface area (Å²) in [7, 11) is 1.22. The van der Waals surface area contributed by atoms with Crippen molar-refractivity contribution in [2.75, 3.05) is 26.9 Å². The van der Waals surface area contributed by atoms with Crippen LogP contribution in [0.15, 0.2) is 42.5 Å². The molecule has 0 spiro atoms. The van der Waals surface area contributed by atoms with Crippen LogP contribution in [0.5, 0.6) is 0 Å². The Balaban J connectivity index is 1.43. The SMILES string of the molecule is C=C1CN2C3CCC4(C)C([C@H](OC(C)=O)[C@H](O)C5([C@H](C)OC(=O)c6cc(F)cc(F)c6)COCC=C[C@@H]45)C3(C)C(OC(C)=O)C(OC(C)=O)C2(C)C2(C(=O)OC)OC12. The van der Waals surface area contributed by atoms with E-state index < -0.39 is 123 Å². The van der Waals surface area contributed by atoms with Crippen LogP contribution in [-0.2, 0) is 52.3 Å². The van der Waals surface area contributed by atoms with Gasteiger partial charge in [0.1, 0.15) is 47.7 Å². The highest BCUT2D eigenvalue weighted by Crippen LogP contribution is 2.72. The Kier molecular flexibility index (Phi) is 10.3. The Labute approximate surface area is 335 Å². The molecule has 316 valence electrons. The van der Waals surface area contributed by atoms with Crippen LogP contribution in [0.25, 0.3) is 0 Å². The molecule has 3 saturated heterocycles. The number of rotatable bonds is 7. The average molecular weight is 816 g/mol. The molecule has 14 atom stereocenters. The molecule has 0 radical (unpaired) electrons. The van der Waals surface area contributed by atoms with E-state index in [1.54, 1.807) is 19.9 Å². The predicted octanol–water partition coefficient (Wildman–Crippen LogP) is 3.61. The van der Waals surface area contributed by atoms with E-state index in [0.717, 1.165) is 12.1 Å². The molecule has 16 heteroatoms. The van der Waals surface area contributed by atoms with Crippen LogP contribution in [0.4, 0.5) is 8.78 Å². The number of halogens is 2. The molecule has 2 aliphatic carbocycles. The molecule has 1 aromatic carbocycles. The van der Waals surface area contributed by atoms with Gasteiger partial charge in [-0.3, -0.25) is 19.3 Å². The Bertz CT molecular complexity index is 1950. The van der Waals surface area contributed by atoms with Crippen molar-refractivity contribution >= 4 is 29.8 Å². The van der Waals surface area contributed by atoms with Crippen molar-refractivity contribution in [3.63, 3.8) is 0 Å². The third kappa shape index (κ3) is 5.71. The van der Waals surface area contributed by atoms with E-state index in [4.69, 9.17) is 33.2 Å². The van der Waals surface area contributed by atoms with Gasteiger partial charge >= 0.3 is 29.8 Å². The number of methoxy groups -OCH3 is 1. The standard InChI is InChI=1S/C42H51F2NO13/c1-20-18-45-29-12-13-38(6)28-11-10-14-53-19-41(28,21(2)54-36(50)25-15-26(43)17-27(44)16-25)32(49)30(55-22(3)46)31(38)39(29,7)34(56-23(4)47)35(57-24(5)48)40(45,8)42(33(20)58-42)37(51)52-9/h10-11,15-17,21,28-35,49H,1,12-14,18-19H2,2-9H3/t21-,28-,29?,30-,31?,32-,33?,34?,35?,38?,39?,40?,41?,42?/m0/s1. The molecular formula is C42H51F2NO13. The maximum absolute atomic E-state index is 14.2. The fraction of sp³-hybridized carbons (Fsp3) is 0.643. The normalized spacial score (nSPS) is 41.7. The molecular weight excluding hydrogens is 764 g/mol. The maximum atomic E-state index is 14.2. The van der Waals surface area contributed by atoms with Gasteiger partial charge in [0.15, 0.2) is 6.10 Å². The lowest BCUT2D eigenvalue weighted by molar-refractivity contribution is -0.324. The summed E-state index contributed by atoms with van der Waals surface area (Å²) < 4.78 is 70.8. The zero-order valence-corrected chi connectivity index (χ0v) is 33.9. The minimum absolute atomic E-state index is 0.120. The zero-order valence-electron chi connectivity index (χ0n) is 33.9. The number of piperidine rings is 2. The Morgan fingerprint density at radius 1 is 0.966 bits per heavy atom. The molecule has 1 N–H and O–H groups in total. The minimum atomic E-state index is -1.69. The van der Waals surface area contributed by atoms with Crippen LogP contribution in [0, 0.1) is 39.7 Å². The van der Waals surface area contributed by atoms with Crippen molar-refractivity contribution in [1.29, 1.82) is 0 Å². The van der Waals surface area contributed by atoms with Crippen LogP contribution in [0.3, 0.4) is 0 Å². The number of allylic oxidation sites excluding steroid dienone is 1. The van der Waals surface area contributed by atoms with Gasteiger partial charge in [0, 0.05) is 50.8 Å². The lowest BCUT2D eigenvalue weighted by Gasteiger charge is -2.73. The van der Waals surface area contributed by atoms with E-state index in [1.807, 2.05) is 24.8 Å². The van der Waals surface area contributed by atoms with Crippen LogP contribution in [0.2, 0.25) is 0 Å². The number of nitrogens with zero attached hydrogens (tertiary/aromatic N) is 1. The van der Waals surface area contributed by atoms with E-state index in [-0.39, 0.29) is 25.3 Å². The summed E-state index contributed by atoms with van der Waals surface area (Å²) >= 11 is 0. The second kappa shape index (κ2) is 14.2. The van der Waals surface area contributed by atoms with E-state index >= 15 is 0 Å². The number of epoxide rings is 1.